The fourth-order valence-electron chi connectivity index (χ4n) is 5.50. The zero-order valence-electron chi connectivity index (χ0n) is 21.7. The second-order valence-corrected chi connectivity index (χ2v) is 10.1. The molecule has 1 aliphatic heterocycles. The Morgan fingerprint density at radius 2 is 1.47 bits per heavy atom. The van der Waals surface area contributed by atoms with Gasteiger partial charge in [0, 0.05) is 34.0 Å². The number of nitrogens with zero attached hydrogens (tertiary/aromatic N) is 3. The van der Waals surface area contributed by atoms with E-state index in [9.17, 15) is 0 Å². The predicted octanol–water partition coefficient (Wildman–Crippen LogP) is 9.10. The summed E-state index contributed by atoms with van der Waals surface area (Å²) in [6.07, 6.45) is 3.88. The molecule has 0 unspecified atom stereocenters. The van der Waals surface area contributed by atoms with Crippen LogP contribution in [0.3, 0.4) is 0 Å². The highest BCUT2D eigenvalue weighted by Gasteiger charge is 2.38. The van der Waals surface area contributed by atoms with Crippen LogP contribution in [0.2, 0.25) is 0 Å². The summed E-state index contributed by atoms with van der Waals surface area (Å²) in [5.74, 6) is 0.814. The van der Waals surface area contributed by atoms with E-state index < -0.39 is 0 Å². The van der Waals surface area contributed by atoms with Gasteiger partial charge in [0.05, 0.1) is 11.4 Å². The number of aliphatic imine (C=N–C) groups is 1. The van der Waals surface area contributed by atoms with Crippen LogP contribution >= 0.6 is 0 Å². The molecule has 0 radical (unpaired) electrons. The molecule has 0 N–H and O–H groups in total. The molecule has 6 rings (SSSR count). The van der Waals surface area contributed by atoms with E-state index in [4.69, 9.17) is 4.98 Å². The molecule has 0 saturated carbocycles. The molecule has 2 heterocycles. The zero-order chi connectivity index (χ0) is 26.3. The maximum Gasteiger partial charge on any atom is 0.140 e. The van der Waals surface area contributed by atoms with Gasteiger partial charge in [0.2, 0.25) is 0 Å². The Kier molecular flexibility index (Phi) is 5.77. The highest BCUT2D eigenvalue weighted by atomic mass is 15.2. The van der Waals surface area contributed by atoms with Gasteiger partial charge >= 0.3 is 0 Å². The molecule has 0 saturated heterocycles. The van der Waals surface area contributed by atoms with Crippen molar-refractivity contribution in [2.45, 2.75) is 19.3 Å². The molecule has 1 aliphatic rings. The monoisotopic (exact) mass is 491 g/mol. The van der Waals surface area contributed by atoms with Crippen molar-refractivity contribution in [1.82, 2.24) is 4.98 Å². The second kappa shape index (κ2) is 9.28. The Hall–Kier alpha value is -4.76. The molecule has 0 fully saturated rings. The molecule has 5 aromatic rings. The fourth-order valence-corrected chi connectivity index (χ4v) is 5.50. The van der Waals surface area contributed by atoms with Gasteiger partial charge < -0.3 is 0 Å². The van der Waals surface area contributed by atoms with Gasteiger partial charge in [-0.15, -0.1) is 0 Å². The van der Waals surface area contributed by atoms with E-state index in [1.807, 2.05) is 30.5 Å². The maximum absolute atomic E-state index is 4.88. The van der Waals surface area contributed by atoms with Crippen molar-refractivity contribution in [2.75, 3.05) is 4.90 Å². The lowest BCUT2D eigenvalue weighted by atomic mass is 9.73. The summed E-state index contributed by atoms with van der Waals surface area (Å²) in [4.78, 5) is 11.5. The third-order valence-corrected chi connectivity index (χ3v) is 7.55. The van der Waals surface area contributed by atoms with Crippen LogP contribution in [-0.4, -0.2) is 11.7 Å². The third kappa shape index (κ3) is 3.84. The Labute approximate surface area is 224 Å². The van der Waals surface area contributed by atoms with Crippen LogP contribution in [0.25, 0.3) is 33.2 Å². The molecule has 0 bridgehead atoms. The summed E-state index contributed by atoms with van der Waals surface area (Å²) in [5, 5.41) is 2.47. The van der Waals surface area contributed by atoms with E-state index in [1.165, 1.54) is 16.3 Å². The van der Waals surface area contributed by atoms with Crippen LogP contribution in [-0.2, 0) is 5.41 Å². The molecule has 3 heteroatoms. The van der Waals surface area contributed by atoms with Gasteiger partial charge in [0.1, 0.15) is 5.82 Å². The van der Waals surface area contributed by atoms with Gasteiger partial charge in [-0.1, -0.05) is 93.2 Å². The van der Waals surface area contributed by atoms with Crippen molar-refractivity contribution in [1.29, 1.82) is 0 Å². The average Bonchev–Trinajstić information content (AvgIpc) is 2.97. The smallest absolute Gasteiger partial charge is 0.140 e. The largest absolute Gasteiger partial charge is 0.295 e. The van der Waals surface area contributed by atoms with Crippen molar-refractivity contribution in [2.24, 2.45) is 4.99 Å². The van der Waals surface area contributed by atoms with Gasteiger partial charge in [-0.3, -0.25) is 9.88 Å². The number of aromatic nitrogens is 1. The summed E-state index contributed by atoms with van der Waals surface area (Å²) in [7, 11) is 0. The van der Waals surface area contributed by atoms with Gasteiger partial charge in [0.15, 0.2) is 0 Å². The minimum absolute atomic E-state index is 0.306. The average molecular weight is 492 g/mol. The number of hydrogen-bond acceptors (Lipinski definition) is 3. The number of fused-ring (bicyclic) bond motifs is 2. The maximum atomic E-state index is 4.88. The topological polar surface area (TPSA) is 28.5 Å². The van der Waals surface area contributed by atoms with Gasteiger partial charge in [-0.25, -0.2) is 4.99 Å². The van der Waals surface area contributed by atoms with Gasteiger partial charge in [0.25, 0.3) is 0 Å². The first kappa shape index (κ1) is 23.6. The normalized spacial score (nSPS) is 14.3. The molecular weight excluding hydrogens is 462 g/mol. The molecule has 0 atom stereocenters. The van der Waals surface area contributed by atoms with Crippen LogP contribution in [0.4, 0.5) is 11.4 Å². The van der Waals surface area contributed by atoms with Crippen LogP contribution in [0.1, 0.15) is 19.4 Å². The van der Waals surface area contributed by atoms with Crippen LogP contribution < -0.4 is 4.90 Å². The Balaban J connectivity index is 1.42. The predicted molar refractivity (Wildman–Crippen MR) is 161 cm³/mol. The molecule has 3 nitrogen and oxygen atoms in total. The minimum atomic E-state index is -0.306. The lowest BCUT2D eigenvalue weighted by molar-refractivity contribution is 0.616. The first-order valence-electron chi connectivity index (χ1n) is 12.8. The quantitative estimate of drug-likeness (QED) is 0.229. The van der Waals surface area contributed by atoms with Gasteiger partial charge in [-0.05, 0) is 65.0 Å². The zero-order valence-corrected chi connectivity index (χ0v) is 21.7. The van der Waals surface area contributed by atoms with E-state index >= 15 is 0 Å². The molecular formula is C35H29N3. The lowest BCUT2D eigenvalue weighted by Gasteiger charge is -2.41. The molecule has 0 spiro atoms. The van der Waals surface area contributed by atoms with Crippen molar-refractivity contribution >= 4 is 28.9 Å². The number of allylic oxidation sites excluding steroid dienone is 2. The second-order valence-electron chi connectivity index (χ2n) is 10.1. The first-order valence-corrected chi connectivity index (χ1v) is 12.8. The Morgan fingerprint density at radius 3 is 2.18 bits per heavy atom. The lowest BCUT2D eigenvalue weighted by Crippen LogP contribution is -2.33. The molecule has 0 aliphatic carbocycles. The van der Waals surface area contributed by atoms with Crippen molar-refractivity contribution in [3.05, 3.63) is 139 Å². The summed E-state index contributed by atoms with van der Waals surface area (Å²) in [6.45, 7) is 12.5. The Morgan fingerprint density at radius 1 is 0.763 bits per heavy atom. The van der Waals surface area contributed by atoms with Crippen molar-refractivity contribution in [3.63, 3.8) is 0 Å². The summed E-state index contributed by atoms with van der Waals surface area (Å²) in [6, 6.07) is 36.1. The van der Waals surface area contributed by atoms with Crippen LogP contribution in [0.5, 0.6) is 0 Å². The van der Waals surface area contributed by atoms with E-state index in [0.29, 0.717) is 0 Å². The summed E-state index contributed by atoms with van der Waals surface area (Å²) >= 11 is 0. The molecule has 4 aromatic carbocycles. The van der Waals surface area contributed by atoms with Crippen LogP contribution in [0, 0.1) is 0 Å². The molecule has 0 amide bonds. The summed E-state index contributed by atoms with van der Waals surface area (Å²) < 4.78 is 0. The van der Waals surface area contributed by atoms with E-state index in [-0.39, 0.29) is 5.41 Å². The van der Waals surface area contributed by atoms with Gasteiger partial charge in [-0.2, -0.15) is 0 Å². The molecule has 184 valence electrons. The third-order valence-electron chi connectivity index (χ3n) is 7.55. The number of pyridine rings is 1. The highest BCUT2D eigenvalue weighted by Crippen LogP contribution is 2.49. The Bertz CT molecular complexity index is 1710. The minimum Gasteiger partial charge on any atom is -0.295 e. The number of rotatable bonds is 5. The number of hydrogen-bond donors (Lipinski definition) is 0. The number of benzene rings is 4. The summed E-state index contributed by atoms with van der Waals surface area (Å²) in [5.41, 5.74) is 8.35. The first-order chi connectivity index (χ1) is 18.5. The highest BCUT2D eigenvalue weighted by molar-refractivity contribution is 5.87. The standard InChI is InChI=1S/C35H29N3/c1-5-30-34(36-4)38(29-13-7-6-8-14-29)33-20-18-27(22-31(33)35(30,2)3)32-19-17-28(23-37-32)26-16-15-24-11-9-10-12-25(24)21-26/h5-23H,1,4H2,2-3H3. The van der Waals surface area contributed by atoms with Crippen molar-refractivity contribution < 1.29 is 0 Å². The number of para-hydroxylation sites is 1. The van der Waals surface area contributed by atoms with E-state index in [1.54, 1.807) is 0 Å². The van der Waals surface area contributed by atoms with Crippen LogP contribution in [0.15, 0.2) is 138 Å². The number of anilines is 2. The molecule has 1 aromatic heterocycles. The fraction of sp³-hybridized carbons (Fsp3) is 0.0857. The molecule has 38 heavy (non-hydrogen) atoms. The van der Waals surface area contributed by atoms with E-state index in [2.05, 4.69) is 122 Å². The van der Waals surface area contributed by atoms with E-state index in [0.717, 1.165) is 45.2 Å². The van der Waals surface area contributed by atoms with Crippen molar-refractivity contribution in [3.8, 4) is 22.4 Å². The SMILES string of the molecule is C=CC1=C(N=C)N(c2ccccc2)c2ccc(-c3ccc(-c4ccc5ccccc5c4)cn3)cc2C1(C)C.